The predicted octanol–water partition coefficient (Wildman–Crippen LogP) is 2.17. The van der Waals surface area contributed by atoms with Gasteiger partial charge >= 0.3 is 0 Å². The Morgan fingerprint density at radius 3 is 3.00 bits per heavy atom. The number of aromatic amines is 1. The van der Waals surface area contributed by atoms with E-state index in [1.54, 1.807) is 6.20 Å². The van der Waals surface area contributed by atoms with Crippen LogP contribution in [0.5, 0.6) is 0 Å². The molecule has 0 aliphatic carbocycles. The SMILES string of the molecule is Cc1cc(CNc2cnc3n[nH]c(C)c3c2)on1. The first-order chi connectivity index (χ1) is 8.72. The van der Waals surface area contributed by atoms with Gasteiger partial charge in [-0.05, 0) is 19.9 Å². The number of hydrogen-bond donors (Lipinski definition) is 2. The molecular formula is C12H13N5O. The van der Waals surface area contributed by atoms with Gasteiger partial charge in [0.15, 0.2) is 11.4 Å². The number of nitrogens with one attached hydrogen (secondary N) is 2. The Morgan fingerprint density at radius 2 is 2.22 bits per heavy atom. The standard InChI is InChI=1S/C12H13N5O/c1-7-3-10(18-17-7)6-13-9-4-11-8(2)15-16-12(11)14-5-9/h3-5,13H,6H2,1-2H3,(H,14,15,16). The highest BCUT2D eigenvalue weighted by Gasteiger charge is 2.05. The zero-order valence-electron chi connectivity index (χ0n) is 10.2. The highest BCUT2D eigenvalue weighted by molar-refractivity contribution is 5.80. The first-order valence-electron chi connectivity index (χ1n) is 5.69. The molecule has 3 aromatic heterocycles. The van der Waals surface area contributed by atoms with Gasteiger partial charge in [0.1, 0.15) is 0 Å². The summed E-state index contributed by atoms with van der Waals surface area (Å²) in [5, 5.41) is 15.1. The number of rotatable bonds is 3. The normalized spacial score (nSPS) is 11.0. The average Bonchev–Trinajstić information content (AvgIpc) is 2.94. The maximum atomic E-state index is 5.13. The number of H-pyrrole nitrogens is 1. The predicted molar refractivity (Wildman–Crippen MR) is 67.2 cm³/mol. The third kappa shape index (κ3) is 1.92. The van der Waals surface area contributed by atoms with Crippen molar-refractivity contribution in [2.45, 2.75) is 20.4 Å². The van der Waals surface area contributed by atoms with E-state index in [4.69, 9.17) is 4.52 Å². The van der Waals surface area contributed by atoms with Crippen LogP contribution < -0.4 is 5.32 Å². The van der Waals surface area contributed by atoms with E-state index in [0.717, 1.165) is 33.9 Å². The molecule has 2 N–H and O–H groups in total. The number of aryl methyl sites for hydroxylation is 2. The maximum absolute atomic E-state index is 5.13. The van der Waals surface area contributed by atoms with Gasteiger partial charge in [0.2, 0.25) is 0 Å². The summed E-state index contributed by atoms with van der Waals surface area (Å²) in [4.78, 5) is 4.27. The number of nitrogens with zero attached hydrogens (tertiary/aromatic N) is 3. The van der Waals surface area contributed by atoms with E-state index in [1.807, 2.05) is 26.0 Å². The van der Waals surface area contributed by atoms with Crippen LogP contribution in [-0.2, 0) is 6.54 Å². The minimum atomic E-state index is 0.588. The van der Waals surface area contributed by atoms with Crippen molar-refractivity contribution in [3.05, 3.63) is 35.5 Å². The lowest BCUT2D eigenvalue weighted by Gasteiger charge is -2.02. The summed E-state index contributed by atoms with van der Waals surface area (Å²) < 4.78 is 5.13. The molecule has 0 spiro atoms. The second kappa shape index (κ2) is 4.14. The number of fused-ring (bicyclic) bond motifs is 1. The summed E-state index contributed by atoms with van der Waals surface area (Å²) in [7, 11) is 0. The highest BCUT2D eigenvalue weighted by atomic mass is 16.5. The summed E-state index contributed by atoms with van der Waals surface area (Å²) >= 11 is 0. The minimum Gasteiger partial charge on any atom is -0.376 e. The topological polar surface area (TPSA) is 79.6 Å². The van der Waals surface area contributed by atoms with Gasteiger partial charge in [0.05, 0.1) is 24.1 Å². The molecule has 0 amide bonds. The molecule has 0 fully saturated rings. The van der Waals surface area contributed by atoms with Crippen LogP contribution in [-0.4, -0.2) is 20.3 Å². The summed E-state index contributed by atoms with van der Waals surface area (Å²) in [6.07, 6.45) is 1.76. The fourth-order valence-electron chi connectivity index (χ4n) is 1.81. The largest absolute Gasteiger partial charge is 0.376 e. The van der Waals surface area contributed by atoms with Crippen molar-refractivity contribution in [3.8, 4) is 0 Å². The number of hydrogen-bond acceptors (Lipinski definition) is 5. The van der Waals surface area contributed by atoms with Gasteiger partial charge in [-0.15, -0.1) is 0 Å². The fourth-order valence-corrected chi connectivity index (χ4v) is 1.81. The van der Waals surface area contributed by atoms with Crippen LogP contribution >= 0.6 is 0 Å². The molecule has 0 saturated heterocycles. The van der Waals surface area contributed by atoms with Gasteiger partial charge in [0, 0.05) is 17.1 Å². The van der Waals surface area contributed by atoms with E-state index >= 15 is 0 Å². The fraction of sp³-hybridized carbons (Fsp3) is 0.250. The summed E-state index contributed by atoms with van der Waals surface area (Å²) in [6.45, 7) is 4.46. The average molecular weight is 243 g/mol. The molecule has 92 valence electrons. The molecule has 3 rings (SSSR count). The lowest BCUT2D eigenvalue weighted by Crippen LogP contribution is -1.98. The molecular weight excluding hydrogens is 230 g/mol. The molecule has 6 heteroatoms. The maximum Gasteiger partial charge on any atom is 0.181 e. The summed E-state index contributed by atoms with van der Waals surface area (Å²) in [5.74, 6) is 0.802. The van der Waals surface area contributed by atoms with Crippen molar-refractivity contribution in [2.24, 2.45) is 0 Å². The van der Waals surface area contributed by atoms with E-state index in [1.165, 1.54) is 0 Å². The van der Waals surface area contributed by atoms with Gasteiger partial charge in [-0.25, -0.2) is 4.98 Å². The smallest absolute Gasteiger partial charge is 0.181 e. The molecule has 3 aromatic rings. The van der Waals surface area contributed by atoms with Gasteiger partial charge in [0.25, 0.3) is 0 Å². The van der Waals surface area contributed by atoms with Crippen LogP contribution in [0.3, 0.4) is 0 Å². The van der Waals surface area contributed by atoms with Gasteiger partial charge in [-0.3, -0.25) is 5.10 Å². The van der Waals surface area contributed by atoms with Crippen LogP contribution in [0.25, 0.3) is 11.0 Å². The Kier molecular flexibility index (Phi) is 2.47. The second-order valence-electron chi connectivity index (χ2n) is 4.23. The zero-order valence-corrected chi connectivity index (χ0v) is 10.2. The Labute approximate surface area is 103 Å². The lowest BCUT2D eigenvalue weighted by molar-refractivity contribution is 0.384. The van der Waals surface area contributed by atoms with Crippen molar-refractivity contribution >= 4 is 16.7 Å². The molecule has 0 saturated carbocycles. The molecule has 0 aliphatic heterocycles. The summed E-state index contributed by atoms with van der Waals surface area (Å²) in [5.41, 5.74) is 3.55. The van der Waals surface area contributed by atoms with Crippen LogP contribution in [0.1, 0.15) is 17.1 Å². The minimum absolute atomic E-state index is 0.588. The quantitative estimate of drug-likeness (QED) is 0.737. The molecule has 18 heavy (non-hydrogen) atoms. The Balaban J connectivity index is 1.80. The van der Waals surface area contributed by atoms with E-state index in [2.05, 4.69) is 25.7 Å². The van der Waals surface area contributed by atoms with Crippen molar-refractivity contribution in [3.63, 3.8) is 0 Å². The van der Waals surface area contributed by atoms with Crippen LogP contribution in [0.15, 0.2) is 22.9 Å². The van der Waals surface area contributed by atoms with Crippen LogP contribution in [0.2, 0.25) is 0 Å². The van der Waals surface area contributed by atoms with E-state index < -0.39 is 0 Å². The molecule has 0 atom stereocenters. The molecule has 0 aromatic carbocycles. The Hall–Kier alpha value is -2.37. The van der Waals surface area contributed by atoms with Crippen molar-refractivity contribution in [2.75, 3.05) is 5.32 Å². The highest BCUT2D eigenvalue weighted by Crippen LogP contribution is 2.18. The third-order valence-corrected chi connectivity index (χ3v) is 2.74. The second-order valence-corrected chi connectivity index (χ2v) is 4.23. The number of pyridine rings is 1. The van der Waals surface area contributed by atoms with Crippen LogP contribution in [0.4, 0.5) is 5.69 Å². The molecule has 0 unspecified atom stereocenters. The van der Waals surface area contributed by atoms with Crippen molar-refractivity contribution in [1.29, 1.82) is 0 Å². The number of anilines is 1. The Bertz CT molecular complexity index is 685. The monoisotopic (exact) mass is 243 g/mol. The summed E-state index contributed by atoms with van der Waals surface area (Å²) in [6, 6.07) is 3.92. The molecule has 0 bridgehead atoms. The lowest BCUT2D eigenvalue weighted by atomic mass is 10.2. The number of aromatic nitrogens is 4. The van der Waals surface area contributed by atoms with Crippen molar-refractivity contribution < 1.29 is 4.52 Å². The van der Waals surface area contributed by atoms with Crippen LogP contribution in [0, 0.1) is 13.8 Å². The van der Waals surface area contributed by atoms with Gasteiger partial charge < -0.3 is 9.84 Å². The first kappa shape index (κ1) is 10.8. The molecule has 0 radical (unpaired) electrons. The Morgan fingerprint density at radius 1 is 1.33 bits per heavy atom. The van der Waals surface area contributed by atoms with Gasteiger partial charge in [-0.1, -0.05) is 5.16 Å². The molecule has 0 aliphatic rings. The van der Waals surface area contributed by atoms with E-state index in [9.17, 15) is 0 Å². The molecule has 3 heterocycles. The third-order valence-electron chi connectivity index (χ3n) is 2.74. The van der Waals surface area contributed by atoms with E-state index in [-0.39, 0.29) is 0 Å². The first-order valence-corrected chi connectivity index (χ1v) is 5.69. The zero-order chi connectivity index (χ0) is 12.5. The van der Waals surface area contributed by atoms with Crippen molar-refractivity contribution in [1.82, 2.24) is 20.3 Å². The van der Waals surface area contributed by atoms with Gasteiger partial charge in [-0.2, -0.15) is 5.10 Å². The molecule has 6 nitrogen and oxygen atoms in total. The van der Waals surface area contributed by atoms with E-state index in [0.29, 0.717) is 6.54 Å².